The first-order chi connectivity index (χ1) is 13.9. The van der Waals surface area contributed by atoms with Crippen LogP contribution in [0.4, 0.5) is 5.69 Å². The molecule has 10 nitrogen and oxygen atoms in total. The van der Waals surface area contributed by atoms with Crippen molar-refractivity contribution in [1.29, 1.82) is 0 Å². The van der Waals surface area contributed by atoms with Crippen molar-refractivity contribution in [3.8, 4) is 0 Å². The molecule has 0 bridgehead atoms. The van der Waals surface area contributed by atoms with Gasteiger partial charge in [-0.3, -0.25) is 30.6 Å². The quantitative estimate of drug-likeness (QED) is 0.331. The van der Waals surface area contributed by atoms with Crippen molar-refractivity contribution < 1.29 is 14.5 Å². The topological polar surface area (TPSA) is 132 Å². The number of nitro benzene ring substituents is 1. The zero-order valence-corrected chi connectivity index (χ0v) is 16.8. The number of carbonyl (C=O) groups excluding carboxylic acids is 2. The summed E-state index contributed by atoms with van der Waals surface area (Å²) in [5.74, 6) is -0.296. The van der Waals surface area contributed by atoms with Crippen LogP contribution in [0.1, 0.15) is 21.1 Å². The number of nitro groups is 1. The van der Waals surface area contributed by atoms with Crippen LogP contribution in [0.25, 0.3) is 0 Å². The van der Waals surface area contributed by atoms with Crippen LogP contribution in [0.15, 0.2) is 46.9 Å². The molecule has 0 spiro atoms. The van der Waals surface area contributed by atoms with Gasteiger partial charge in [0, 0.05) is 36.0 Å². The maximum atomic E-state index is 12.0. The Kier molecular flexibility index (Phi) is 6.57. The molecule has 0 radical (unpaired) electrons. The number of hydrogen-bond donors (Lipinski definition) is 2. The van der Waals surface area contributed by atoms with E-state index in [0.717, 1.165) is 11.9 Å². The normalized spacial score (nSPS) is 10.5. The van der Waals surface area contributed by atoms with Gasteiger partial charge in [-0.25, -0.2) is 0 Å². The van der Waals surface area contributed by atoms with Crippen LogP contribution in [-0.2, 0) is 18.3 Å². The van der Waals surface area contributed by atoms with Crippen molar-refractivity contribution in [2.75, 3.05) is 5.75 Å². The Morgan fingerprint density at radius 1 is 1.24 bits per heavy atom. The second kappa shape index (κ2) is 9.30. The van der Waals surface area contributed by atoms with Gasteiger partial charge in [0.05, 0.1) is 10.7 Å². The average Bonchev–Trinajstić information content (AvgIpc) is 3.35. The summed E-state index contributed by atoms with van der Waals surface area (Å²) in [6.45, 7) is 0. The molecular formula is C17H16N6O4S2. The molecule has 12 heteroatoms. The summed E-state index contributed by atoms with van der Waals surface area (Å²) in [6, 6.07) is 9.21. The number of thiophene rings is 1. The van der Waals surface area contributed by atoms with Crippen molar-refractivity contribution in [2.45, 2.75) is 11.6 Å². The number of rotatable bonds is 7. The number of aromatic nitrogens is 3. The summed E-state index contributed by atoms with van der Waals surface area (Å²) >= 11 is 2.82. The van der Waals surface area contributed by atoms with E-state index >= 15 is 0 Å². The second-order valence-electron chi connectivity index (χ2n) is 5.81. The van der Waals surface area contributed by atoms with Gasteiger partial charge >= 0.3 is 0 Å². The molecule has 1 aromatic carbocycles. The smallest absolute Gasteiger partial charge is 0.270 e. The SMILES string of the molecule is Cn1c(Cc2cccs2)nnc1SCC(=O)NNC(=O)c1cccc([N+](=O)[O-])c1. The summed E-state index contributed by atoms with van der Waals surface area (Å²) < 4.78 is 1.82. The molecule has 150 valence electrons. The minimum atomic E-state index is -0.649. The van der Waals surface area contributed by atoms with Gasteiger partial charge < -0.3 is 4.57 Å². The van der Waals surface area contributed by atoms with Crippen molar-refractivity contribution in [1.82, 2.24) is 25.6 Å². The Morgan fingerprint density at radius 2 is 2.07 bits per heavy atom. The number of thioether (sulfide) groups is 1. The van der Waals surface area contributed by atoms with Crippen LogP contribution in [0.5, 0.6) is 0 Å². The Balaban J connectivity index is 1.49. The van der Waals surface area contributed by atoms with Gasteiger partial charge in [-0.05, 0) is 17.5 Å². The average molecular weight is 432 g/mol. The Labute approximate surface area is 173 Å². The zero-order valence-electron chi connectivity index (χ0n) is 15.2. The van der Waals surface area contributed by atoms with E-state index in [4.69, 9.17) is 0 Å². The largest absolute Gasteiger partial charge is 0.309 e. The predicted molar refractivity (Wildman–Crippen MR) is 108 cm³/mol. The Bertz CT molecular complexity index is 1030. The number of carbonyl (C=O) groups is 2. The van der Waals surface area contributed by atoms with Gasteiger partial charge in [0.1, 0.15) is 5.82 Å². The highest BCUT2D eigenvalue weighted by atomic mass is 32.2. The van der Waals surface area contributed by atoms with Gasteiger partial charge in [-0.15, -0.1) is 21.5 Å². The predicted octanol–water partition coefficient (Wildman–Crippen LogP) is 1.93. The molecule has 0 saturated heterocycles. The lowest BCUT2D eigenvalue weighted by molar-refractivity contribution is -0.384. The molecule has 0 unspecified atom stereocenters. The molecule has 0 fully saturated rings. The first kappa shape index (κ1) is 20.5. The number of amides is 2. The third kappa shape index (κ3) is 5.39. The van der Waals surface area contributed by atoms with Crippen LogP contribution in [0.3, 0.4) is 0 Å². The third-order valence-electron chi connectivity index (χ3n) is 3.80. The molecule has 0 aliphatic rings. The minimum absolute atomic E-state index is 0.0141. The van der Waals surface area contributed by atoms with Crippen LogP contribution in [0.2, 0.25) is 0 Å². The standard InChI is InChI=1S/C17H16N6O4S2/c1-22-14(9-13-6-3-7-28-13)18-21-17(22)29-10-15(24)19-20-16(25)11-4-2-5-12(8-11)23(26)27/h2-8H,9-10H2,1H3,(H,19,24)(H,20,25). The molecule has 3 rings (SSSR count). The highest BCUT2D eigenvalue weighted by Gasteiger charge is 2.14. The fourth-order valence-electron chi connectivity index (χ4n) is 2.32. The highest BCUT2D eigenvalue weighted by Crippen LogP contribution is 2.19. The molecule has 29 heavy (non-hydrogen) atoms. The van der Waals surface area contributed by atoms with Gasteiger partial charge in [-0.1, -0.05) is 23.9 Å². The lowest BCUT2D eigenvalue weighted by atomic mass is 10.2. The minimum Gasteiger partial charge on any atom is -0.309 e. The third-order valence-corrected chi connectivity index (χ3v) is 5.70. The molecule has 0 aliphatic heterocycles. The molecule has 0 atom stereocenters. The number of nitrogens with one attached hydrogen (secondary N) is 2. The van der Waals surface area contributed by atoms with Gasteiger partial charge in [-0.2, -0.15) is 0 Å². The van der Waals surface area contributed by atoms with E-state index in [2.05, 4.69) is 21.0 Å². The van der Waals surface area contributed by atoms with Crippen LogP contribution < -0.4 is 10.9 Å². The number of benzene rings is 1. The zero-order chi connectivity index (χ0) is 20.8. The molecule has 2 aromatic heterocycles. The fourth-order valence-corrected chi connectivity index (χ4v) is 3.75. The number of nitrogens with zero attached hydrogens (tertiary/aromatic N) is 4. The fraction of sp³-hybridized carbons (Fsp3) is 0.176. The summed E-state index contributed by atoms with van der Waals surface area (Å²) in [7, 11) is 1.83. The molecule has 2 amide bonds. The maximum absolute atomic E-state index is 12.0. The lowest BCUT2D eigenvalue weighted by Crippen LogP contribution is -2.42. The maximum Gasteiger partial charge on any atom is 0.270 e. The number of hydrazine groups is 1. The number of hydrogen-bond acceptors (Lipinski definition) is 8. The van der Waals surface area contributed by atoms with Crippen molar-refractivity contribution >= 4 is 40.6 Å². The van der Waals surface area contributed by atoms with Gasteiger partial charge in [0.25, 0.3) is 11.6 Å². The van der Waals surface area contributed by atoms with E-state index in [-0.39, 0.29) is 17.0 Å². The summed E-state index contributed by atoms with van der Waals surface area (Å²) in [5, 5.41) is 21.6. The van der Waals surface area contributed by atoms with E-state index in [1.54, 1.807) is 11.3 Å². The van der Waals surface area contributed by atoms with E-state index < -0.39 is 16.7 Å². The molecule has 3 aromatic rings. The lowest BCUT2D eigenvalue weighted by Gasteiger charge is -2.07. The number of non-ortho nitro benzene ring substituents is 1. The van der Waals surface area contributed by atoms with E-state index in [9.17, 15) is 19.7 Å². The highest BCUT2D eigenvalue weighted by molar-refractivity contribution is 7.99. The monoisotopic (exact) mass is 432 g/mol. The van der Waals surface area contributed by atoms with Crippen molar-refractivity contribution in [3.05, 3.63) is 68.2 Å². The molecule has 2 N–H and O–H groups in total. The molecule has 0 saturated carbocycles. The van der Waals surface area contributed by atoms with Crippen LogP contribution in [0, 0.1) is 10.1 Å². The summed E-state index contributed by atoms with van der Waals surface area (Å²) in [6.07, 6.45) is 0.660. The first-order valence-electron chi connectivity index (χ1n) is 8.31. The van der Waals surface area contributed by atoms with Gasteiger partial charge in [0.15, 0.2) is 5.16 Å². The van der Waals surface area contributed by atoms with E-state index in [0.29, 0.717) is 11.6 Å². The van der Waals surface area contributed by atoms with Gasteiger partial charge in [0.2, 0.25) is 5.91 Å². The van der Waals surface area contributed by atoms with Crippen LogP contribution in [-0.4, -0.2) is 37.3 Å². The molecular weight excluding hydrogens is 416 g/mol. The summed E-state index contributed by atoms with van der Waals surface area (Å²) in [4.78, 5) is 35.4. The van der Waals surface area contributed by atoms with Crippen LogP contribution >= 0.6 is 23.1 Å². The van der Waals surface area contributed by atoms with E-state index in [1.807, 2.05) is 29.1 Å². The first-order valence-corrected chi connectivity index (χ1v) is 10.2. The van der Waals surface area contributed by atoms with E-state index in [1.165, 1.54) is 34.8 Å². The summed E-state index contributed by atoms with van der Waals surface area (Å²) in [5.41, 5.74) is 4.37. The molecule has 0 aliphatic carbocycles. The van der Waals surface area contributed by atoms with Crippen molar-refractivity contribution in [3.63, 3.8) is 0 Å². The molecule has 2 heterocycles. The second-order valence-corrected chi connectivity index (χ2v) is 7.79. The van der Waals surface area contributed by atoms with Crippen molar-refractivity contribution in [2.24, 2.45) is 7.05 Å². The Morgan fingerprint density at radius 3 is 2.79 bits per heavy atom. The Hall–Kier alpha value is -3.25.